The summed E-state index contributed by atoms with van der Waals surface area (Å²) in [5.41, 5.74) is 5.10. The Hall–Kier alpha value is -4.92. The third-order valence-electron chi connectivity index (χ3n) is 6.39. The number of amides is 1. The molecule has 9 heteroatoms. The van der Waals surface area contributed by atoms with Gasteiger partial charge in [0.15, 0.2) is 23.0 Å². The summed E-state index contributed by atoms with van der Waals surface area (Å²) in [5.74, 6) is -2.58. The molecule has 0 atom stereocenters. The number of halogens is 2. The molecule has 0 spiro atoms. The molecule has 1 amide bonds. The van der Waals surface area contributed by atoms with Gasteiger partial charge in [0.1, 0.15) is 19.9 Å². The van der Waals surface area contributed by atoms with Gasteiger partial charge < -0.3 is 19.8 Å². The lowest BCUT2D eigenvalue weighted by Gasteiger charge is -2.31. The molecule has 0 fully saturated rings. The van der Waals surface area contributed by atoms with E-state index >= 15 is 0 Å². The maximum atomic E-state index is 14.6. The average Bonchev–Trinajstić information content (AvgIpc) is 2.98. The van der Waals surface area contributed by atoms with Crippen LogP contribution in [0.5, 0.6) is 11.5 Å². The summed E-state index contributed by atoms with van der Waals surface area (Å²) in [6.45, 7) is 0.496. The van der Waals surface area contributed by atoms with Crippen LogP contribution in [0.1, 0.15) is 27.2 Å². The van der Waals surface area contributed by atoms with E-state index in [-0.39, 0.29) is 49.5 Å². The molecule has 7 nitrogen and oxygen atoms in total. The number of pyridine rings is 1. The van der Waals surface area contributed by atoms with Crippen LogP contribution in [0.2, 0.25) is 0 Å². The largest absolute Gasteiger partial charge is 0.486 e. The van der Waals surface area contributed by atoms with Gasteiger partial charge in [0, 0.05) is 30.8 Å². The van der Waals surface area contributed by atoms with Gasteiger partial charge in [-0.1, -0.05) is 72.8 Å². The minimum atomic E-state index is -1.04. The molecule has 204 valence electrons. The zero-order chi connectivity index (χ0) is 27.9. The maximum Gasteiger partial charge on any atom is 0.278 e. The van der Waals surface area contributed by atoms with Crippen LogP contribution in [0, 0.1) is 11.6 Å². The third-order valence-corrected chi connectivity index (χ3v) is 6.39. The Kier molecular flexibility index (Phi) is 8.20. The van der Waals surface area contributed by atoms with Crippen molar-refractivity contribution in [3.8, 4) is 11.5 Å². The average molecular weight is 544 g/mol. The van der Waals surface area contributed by atoms with E-state index in [0.717, 1.165) is 17.2 Å². The molecule has 0 unspecified atom stereocenters. The Bertz CT molecular complexity index is 1570. The Morgan fingerprint density at radius 1 is 0.825 bits per heavy atom. The Labute approximate surface area is 229 Å². The van der Waals surface area contributed by atoms with Gasteiger partial charge in [0.05, 0.1) is 0 Å². The Balaban J connectivity index is 1.23. The van der Waals surface area contributed by atoms with Gasteiger partial charge in [0.2, 0.25) is 11.2 Å². The van der Waals surface area contributed by atoms with Crippen LogP contribution >= 0.6 is 0 Å². The number of carbonyl (C=O) groups excluding carboxylic acids is 1. The van der Waals surface area contributed by atoms with E-state index in [1.54, 1.807) is 12.2 Å². The standard InChI is InChI=1S/C31H27F2N3O4/c32-25-14-13-24(19-22-9-3-1-4-10-22)29(27(25)33)39-18-8-7-16-35-21-34-36-17-15-26(37)30(28(36)31(35)38)40-20-23-11-5-2-6-12-23/h1-15,17,34H,16,18-21H2/b8-7-. The molecule has 1 aliphatic rings. The normalized spacial score (nSPS) is 12.8. The molecule has 1 aliphatic heterocycles. The third kappa shape index (κ3) is 6.04. The fourth-order valence-corrected chi connectivity index (χ4v) is 4.33. The molecule has 0 bridgehead atoms. The zero-order valence-electron chi connectivity index (χ0n) is 21.6. The first kappa shape index (κ1) is 26.7. The summed E-state index contributed by atoms with van der Waals surface area (Å²) < 4.78 is 41.4. The molecule has 40 heavy (non-hydrogen) atoms. The van der Waals surface area contributed by atoms with Crippen LogP contribution in [0.25, 0.3) is 0 Å². The first-order chi connectivity index (χ1) is 19.5. The van der Waals surface area contributed by atoms with Gasteiger partial charge in [-0.15, -0.1) is 0 Å². The molecule has 0 saturated heterocycles. The van der Waals surface area contributed by atoms with Gasteiger partial charge in [-0.05, 0) is 23.3 Å². The van der Waals surface area contributed by atoms with E-state index in [9.17, 15) is 18.4 Å². The second-order valence-electron chi connectivity index (χ2n) is 9.14. The summed E-state index contributed by atoms with van der Waals surface area (Å²) in [6.07, 6.45) is 5.20. The van der Waals surface area contributed by atoms with Crippen LogP contribution in [0.3, 0.4) is 0 Å². The van der Waals surface area contributed by atoms with Crippen LogP contribution < -0.4 is 20.3 Å². The van der Waals surface area contributed by atoms with Gasteiger partial charge in [-0.3, -0.25) is 14.3 Å². The van der Waals surface area contributed by atoms with Crippen LogP contribution in [-0.4, -0.2) is 35.3 Å². The molecule has 4 aromatic rings. The molecule has 2 heterocycles. The smallest absolute Gasteiger partial charge is 0.278 e. The van der Waals surface area contributed by atoms with Crippen molar-refractivity contribution in [3.63, 3.8) is 0 Å². The van der Waals surface area contributed by atoms with E-state index in [4.69, 9.17) is 9.47 Å². The number of carbonyl (C=O) groups is 1. The summed E-state index contributed by atoms with van der Waals surface area (Å²) in [6, 6.07) is 22.7. The predicted molar refractivity (Wildman–Crippen MR) is 147 cm³/mol. The van der Waals surface area contributed by atoms with Gasteiger partial charge in [-0.25, -0.2) is 4.39 Å². The first-order valence-corrected chi connectivity index (χ1v) is 12.8. The Morgan fingerprint density at radius 2 is 1.55 bits per heavy atom. The molecule has 0 radical (unpaired) electrons. The lowest BCUT2D eigenvalue weighted by molar-refractivity contribution is 0.0738. The SMILES string of the molecule is O=C1c2c(OCc3ccccc3)c(=O)ccn2NCN1C/C=C\COc1c(Cc2ccccc2)ccc(F)c1F. The van der Waals surface area contributed by atoms with Gasteiger partial charge in [0.25, 0.3) is 5.91 Å². The monoisotopic (exact) mass is 543 g/mol. The van der Waals surface area contributed by atoms with Crippen molar-refractivity contribution in [1.29, 1.82) is 0 Å². The first-order valence-electron chi connectivity index (χ1n) is 12.8. The summed E-state index contributed by atoms with van der Waals surface area (Å²) in [5, 5.41) is 0. The molecular weight excluding hydrogens is 516 g/mol. The predicted octanol–water partition coefficient (Wildman–Crippen LogP) is 4.89. The van der Waals surface area contributed by atoms with Crippen molar-refractivity contribution in [1.82, 2.24) is 9.58 Å². The van der Waals surface area contributed by atoms with Crippen molar-refractivity contribution in [2.75, 3.05) is 25.2 Å². The fourth-order valence-electron chi connectivity index (χ4n) is 4.33. The second kappa shape index (κ2) is 12.3. The molecule has 5 rings (SSSR count). The highest BCUT2D eigenvalue weighted by Gasteiger charge is 2.28. The number of hydrogen-bond acceptors (Lipinski definition) is 5. The number of ether oxygens (including phenoxy) is 2. The number of hydrogen-bond donors (Lipinski definition) is 1. The van der Waals surface area contributed by atoms with Crippen molar-refractivity contribution in [2.24, 2.45) is 0 Å². The molecule has 0 saturated carbocycles. The molecule has 3 aromatic carbocycles. The highest BCUT2D eigenvalue weighted by atomic mass is 19.2. The minimum absolute atomic E-state index is 0.0287. The van der Waals surface area contributed by atoms with E-state index in [1.165, 1.54) is 27.9 Å². The Morgan fingerprint density at radius 3 is 2.30 bits per heavy atom. The number of fused-ring (bicyclic) bond motifs is 1. The number of rotatable bonds is 10. The highest BCUT2D eigenvalue weighted by molar-refractivity contribution is 5.96. The molecule has 0 aliphatic carbocycles. The minimum Gasteiger partial charge on any atom is -0.486 e. The fraction of sp³-hybridized carbons (Fsp3) is 0.161. The summed E-state index contributed by atoms with van der Waals surface area (Å²) in [4.78, 5) is 27.3. The lowest BCUT2D eigenvalue weighted by Crippen LogP contribution is -2.46. The van der Waals surface area contributed by atoms with Crippen LogP contribution in [0.15, 0.2) is 102 Å². The van der Waals surface area contributed by atoms with E-state index in [1.807, 2.05) is 60.7 Å². The van der Waals surface area contributed by atoms with Crippen molar-refractivity contribution < 1.29 is 23.0 Å². The van der Waals surface area contributed by atoms with E-state index in [0.29, 0.717) is 12.0 Å². The van der Waals surface area contributed by atoms with E-state index < -0.39 is 17.1 Å². The van der Waals surface area contributed by atoms with Crippen molar-refractivity contribution in [2.45, 2.75) is 13.0 Å². The molecule has 1 aromatic heterocycles. The number of benzene rings is 3. The van der Waals surface area contributed by atoms with Crippen LogP contribution in [0.4, 0.5) is 8.78 Å². The summed E-state index contributed by atoms with van der Waals surface area (Å²) in [7, 11) is 0. The highest BCUT2D eigenvalue weighted by Crippen LogP contribution is 2.27. The molecule has 1 N–H and O–H groups in total. The van der Waals surface area contributed by atoms with Crippen LogP contribution in [-0.2, 0) is 13.0 Å². The number of nitrogens with zero attached hydrogens (tertiary/aromatic N) is 2. The van der Waals surface area contributed by atoms with Gasteiger partial charge >= 0.3 is 0 Å². The van der Waals surface area contributed by atoms with Crippen molar-refractivity contribution >= 4 is 5.91 Å². The molecular formula is C31H27F2N3O4. The zero-order valence-corrected chi connectivity index (χ0v) is 21.6. The quantitative estimate of drug-likeness (QED) is 0.289. The summed E-state index contributed by atoms with van der Waals surface area (Å²) >= 11 is 0. The number of aromatic nitrogens is 1. The second-order valence-corrected chi connectivity index (χ2v) is 9.14. The maximum absolute atomic E-state index is 14.6. The van der Waals surface area contributed by atoms with Gasteiger partial charge in [-0.2, -0.15) is 4.39 Å². The van der Waals surface area contributed by atoms with E-state index in [2.05, 4.69) is 5.43 Å². The topological polar surface area (TPSA) is 72.8 Å². The lowest BCUT2D eigenvalue weighted by atomic mass is 10.0. The number of nitrogens with one attached hydrogen (secondary N) is 1. The van der Waals surface area contributed by atoms with Crippen molar-refractivity contribution in [3.05, 3.63) is 141 Å².